The Morgan fingerprint density at radius 3 is 2.88 bits per heavy atom. The second-order valence-corrected chi connectivity index (χ2v) is 7.08. The molecule has 0 atom stereocenters. The van der Waals surface area contributed by atoms with Crippen molar-refractivity contribution in [3.63, 3.8) is 0 Å². The molecule has 0 fully saturated rings. The van der Waals surface area contributed by atoms with E-state index in [1.165, 1.54) is 11.3 Å². The van der Waals surface area contributed by atoms with Gasteiger partial charge in [0.1, 0.15) is 5.75 Å². The summed E-state index contributed by atoms with van der Waals surface area (Å²) in [5.74, 6) is 1.26. The fraction of sp³-hybridized carbons (Fsp3) is 0.316. The van der Waals surface area contributed by atoms with E-state index >= 15 is 0 Å². The minimum atomic E-state index is -0.489. The molecule has 0 bridgehead atoms. The van der Waals surface area contributed by atoms with Gasteiger partial charge in [0.2, 0.25) is 5.82 Å². The van der Waals surface area contributed by atoms with Crippen LogP contribution in [0.15, 0.2) is 40.2 Å². The third-order valence-electron chi connectivity index (χ3n) is 3.70. The molecule has 0 aliphatic heterocycles. The molecule has 3 aromatic rings. The Bertz CT molecular complexity index is 872. The monoisotopic (exact) mass is 372 g/mol. The first kappa shape index (κ1) is 18.1. The lowest BCUT2D eigenvalue weighted by molar-refractivity contribution is -0.148. The Balaban J connectivity index is 1.53. The van der Waals surface area contributed by atoms with Crippen LogP contribution in [0.2, 0.25) is 0 Å². The first-order chi connectivity index (χ1) is 12.5. The van der Waals surface area contributed by atoms with E-state index in [1.54, 1.807) is 0 Å². The van der Waals surface area contributed by atoms with Crippen LogP contribution < -0.4 is 4.74 Å². The SMILES string of the molecule is Cc1ccc(C(C)C)c(OCC(=O)OCc2nc(-c3cccs3)no2)c1. The molecule has 2 heterocycles. The number of rotatable bonds is 7. The van der Waals surface area contributed by atoms with E-state index in [0.29, 0.717) is 17.5 Å². The van der Waals surface area contributed by atoms with Gasteiger partial charge in [0.15, 0.2) is 13.2 Å². The average Bonchev–Trinajstić information content (AvgIpc) is 3.29. The zero-order chi connectivity index (χ0) is 18.5. The molecule has 0 radical (unpaired) electrons. The number of esters is 1. The summed E-state index contributed by atoms with van der Waals surface area (Å²) in [6, 6.07) is 9.78. The molecule has 1 aromatic carbocycles. The minimum absolute atomic E-state index is 0.0780. The highest BCUT2D eigenvalue weighted by Gasteiger charge is 2.14. The Kier molecular flexibility index (Phi) is 5.68. The molecule has 0 aliphatic rings. The lowest BCUT2D eigenvalue weighted by atomic mass is 10.0. The molecule has 0 saturated heterocycles. The molecule has 0 saturated carbocycles. The van der Waals surface area contributed by atoms with Crippen molar-refractivity contribution in [2.45, 2.75) is 33.3 Å². The van der Waals surface area contributed by atoms with E-state index in [0.717, 1.165) is 16.0 Å². The number of carbonyl (C=O) groups excluding carboxylic acids is 1. The van der Waals surface area contributed by atoms with E-state index in [-0.39, 0.29) is 19.1 Å². The molecular formula is C19H20N2O4S. The van der Waals surface area contributed by atoms with Crippen molar-refractivity contribution >= 4 is 17.3 Å². The standard InChI is InChI=1S/C19H20N2O4S/c1-12(2)14-7-6-13(3)9-15(14)23-11-18(22)24-10-17-20-19(21-25-17)16-5-4-8-26-16/h4-9,12H,10-11H2,1-3H3. The average molecular weight is 372 g/mol. The van der Waals surface area contributed by atoms with Gasteiger partial charge < -0.3 is 14.0 Å². The number of ether oxygens (including phenoxy) is 2. The smallest absolute Gasteiger partial charge is 0.344 e. The van der Waals surface area contributed by atoms with Gasteiger partial charge >= 0.3 is 5.97 Å². The number of aryl methyl sites for hydroxylation is 1. The maximum absolute atomic E-state index is 12.0. The predicted octanol–water partition coefficient (Wildman–Crippen LogP) is 4.35. The molecule has 3 rings (SSSR count). The molecule has 0 N–H and O–H groups in total. The summed E-state index contributed by atoms with van der Waals surface area (Å²) >= 11 is 1.51. The Hall–Kier alpha value is -2.67. The highest BCUT2D eigenvalue weighted by Crippen LogP contribution is 2.27. The number of hydrogen-bond acceptors (Lipinski definition) is 7. The van der Waals surface area contributed by atoms with Crippen molar-refractivity contribution < 1.29 is 18.8 Å². The highest BCUT2D eigenvalue weighted by atomic mass is 32.1. The summed E-state index contributed by atoms with van der Waals surface area (Å²) in [6.07, 6.45) is 0. The van der Waals surface area contributed by atoms with Gasteiger partial charge in [0, 0.05) is 0 Å². The van der Waals surface area contributed by atoms with Gasteiger partial charge in [-0.05, 0) is 41.5 Å². The van der Waals surface area contributed by atoms with Crippen LogP contribution >= 0.6 is 11.3 Å². The summed E-state index contributed by atoms with van der Waals surface area (Å²) in [6.45, 7) is 5.89. The topological polar surface area (TPSA) is 74.5 Å². The van der Waals surface area contributed by atoms with Gasteiger partial charge in [-0.2, -0.15) is 4.98 Å². The molecule has 0 unspecified atom stereocenters. The Morgan fingerprint density at radius 1 is 1.31 bits per heavy atom. The number of thiophene rings is 1. The first-order valence-electron chi connectivity index (χ1n) is 8.28. The van der Waals surface area contributed by atoms with E-state index in [1.807, 2.05) is 42.6 Å². The van der Waals surface area contributed by atoms with Crippen molar-refractivity contribution in [3.8, 4) is 16.5 Å². The maximum atomic E-state index is 12.0. The molecule has 0 aliphatic carbocycles. The lowest BCUT2D eigenvalue weighted by Gasteiger charge is -2.14. The van der Waals surface area contributed by atoms with E-state index in [2.05, 4.69) is 24.0 Å². The first-order valence-corrected chi connectivity index (χ1v) is 9.16. The summed E-state index contributed by atoms with van der Waals surface area (Å²) in [7, 11) is 0. The van der Waals surface area contributed by atoms with Gasteiger partial charge in [0.05, 0.1) is 4.88 Å². The van der Waals surface area contributed by atoms with Gasteiger partial charge in [-0.3, -0.25) is 0 Å². The van der Waals surface area contributed by atoms with Crippen LogP contribution in [0.25, 0.3) is 10.7 Å². The molecule has 2 aromatic heterocycles. The third-order valence-corrected chi connectivity index (χ3v) is 4.57. The van der Waals surface area contributed by atoms with Crippen LogP contribution in [0.1, 0.15) is 36.8 Å². The van der Waals surface area contributed by atoms with Crippen LogP contribution in [-0.4, -0.2) is 22.7 Å². The number of nitrogens with zero attached hydrogens (tertiary/aromatic N) is 2. The van der Waals surface area contributed by atoms with Gasteiger partial charge in [-0.15, -0.1) is 11.3 Å². The van der Waals surface area contributed by atoms with Crippen LogP contribution in [0.4, 0.5) is 0 Å². The second-order valence-electron chi connectivity index (χ2n) is 6.13. The maximum Gasteiger partial charge on any atom is 0.344 e. The quantitative estimate of drug-likeness (QED) is 0.574. The molecule has 0 spiro atoms. The molecule has 26 heavy (non-hydrogen) atoms. The third kappa shape index (κ3) is 4.49. The predicted molar refractivity (Wildman–Crippen MR) is 98.2 cm³/mol. The van der Waals surface area contributed by atoms with Crippen LogP contribution in [0, 0.1) is 6.92 Å². The number of aromatic nitrogens is 2. The molecular weight excluding hydrogens is 352 g/mol. The summed E-state index contributed by atoms with van der Waals surface area (Å²) < 4.78 is 15.9. The zero-order valence-corrected chi connectivity index (χ0v) is 15.7. The van der Waals surface area contributed by atoms with Crippen molar-refractivity contribution in [2.24, 2.45) is 0 Å². The summed E-state index contributed by atoms with van der Waals surface area (Å²) in [4.78, 5) is 17.1. The molecule has 0 amide bonds. The van der Waals surface area contributed by atoms with Gasteiger partial charge in [-0.1, -0.05) is 37.2 Å². The van der Waals surface area contributed by atoms with Crippen molar-refractivity contribution in [1.82, 2.24) is 10.1 Å². The Morgan fingerprint density at radius 2 is 2.15 bits per heavy atom. The number of carbonyl (C=O) groups is 1. The van der Waals surface area contributed by atoms with Crippen LogP contribution in [0.5, 0.6) is 5.75 Å². The van der Waals surface area contributed by atoms with Crippen molar-refractivity contribution in [1.29, 1.82) is 0 Å². The van der Waals surface area contributed by atoms with E-state index in [9.17, 15) is 4.79 Å². The second kappa shape index (κ2) is 8.14. The molecule has 7 heteroatoms. The molecule has 6 nitrogen and oxygen atoms in total. The largest absolute Gasteiger partial charge is 0.482 e. The Labute approximate surface area is 155 Å². The number of benzene rings is 1. The number of hydrogen-bond donors (Lipinski definition) is 0. The van der Waals surface area contributed by atoms with Crippen LogP contribution in [0.3, 0.4) is 0 Å². The van der Waals surface area contributed by atoms with E-state index in [4.69, 9.17) is 14.0 Å². The van der Waals surface area contributed by atoms with Gasteiger partial charge in [-0.25, -0.2) is 4.79 Å². The fourth-order valence-electron chi connectivity index (χ4n) is 2.38. The lowest BCUT2D eigenvalue weighted by Crippen LogP contribution is -2.15. The van der Waals surface area contributed by atoms with Gasteiger partial charge in [0.25, 0.3) is 5.89 Å². The van der Waals surface area contributed by atoms with Crippen molar-refractivity contribution in [3.05, 3.63) is 52.7 Å². The minimum Gasteiger partial charge on any atom is -0.482 e. The summed E-state index contributed by atoms with van der Waals surface area (Å²) in [5, 5.41) is 5.80. The van der Waals surface area contributed by atoms with Crippen molar-refractivity contribution in [2.75, 3.05) is 6.61 Å². The normalized spacial score (nSPS) is 10.9. The van der Waals surface area contributed by atoms with Crippen LogP contribution in [-0.2, 0) is 16.1 Å². The van der Waals surface area contributed by atoms with E-state index < -0.39 is 5.97 Å². The highest BCUT2D eigenvalue weighted by molar-refractivity contribution is 7.13. The molecule has 136 valence electrons. The fourth-order valence-corrected chi connectivity index (χ4v) is 3.03. The summed E-state index contributed by atoms with van der Waals surface area (Å²) in [5.41, 5.74) is 2.13. The zero-order valence-electron chi connectivity index (χ0n) is 14.9.